The first-order chi connectivity index (χ1) is 9.56. The summed E-state index contributed by atoms with van der Waals surface area (Å²) in [7, 11) is 0. The third-order valence-corrected chi connectivity index (χ3v) is 4.33. The van der Waals surface area contributed by atoms with Crippen molar-refractivity contribution in [2.24, 2.45) is 5.92 Å². The number of amides is 1. The molecule has 0 radical (unpaired) electrons. The smallest absolute Gasteiger partial charge is 0.220 e. The van der Waals surface area contributed by atoms with Crippen molar-refractivity contribution in [2.75, 3.05) is 13.1 Å². The molecule has 0 spiro atoms. The highest BCUT2D eigenvalue weighted by Gasteiger charge is 2.17. The molecule has 5 heteroatoms. The van der Waals surface area contributed by atoms with E-state index in [9.17, 15) is 4.79 Å². The van der Waals surface area contributed by atoms with Crippen molar-refractivity contribution in [3.8, 4) is 0 Å². The first-order valence-electron chi connectivity index (χ1n) is 6.98. The van der Waals surface area contributed by atoms with E-state index in [1.54, 1.807) is 6.07 Å². The average molecular weight is 315 g/mol. The van der Waals surface area contributed by atoms with Crippen LogP contribution in [0.2, 0.25) is 10.0 Å². The van der Waals surface area contributed by atoms with Gasteiger partial charge in [0.15, 0.2) is 0 Å². The molecule has 0 bridgehead atoms. The molecule has 3 nitrogen and oxygen atoms in total. The Balaban J connectivity index is 1.87. The minimum absolute atomic E-state index is 0.0994. The molecule has 0 saturated carbocycles. The Morgan fingerprint density at radius 3 is 2.70 bits per heavy atom. The Bertz CT molecular complexity index is 462. The van der Waals surface area contributed by atoms with Gasteiger partial charge in [-0.2, -0.15) is 0 Å². The van der Waals surface area contributed by atoms with E-state index in [4.69, 9.17) is 23.2 Å². The number of benzene rings is 1. The standard InChI is InChI=1S/C15H20Cl2N2O/c1-10-6-12(16)8-14(17)13(10)9-19-15(20)7-11-2-4-18-5-3-11/h6,8,11,18H,2-5,7,9H2,1H3,(H,19,20). The molecule has 0 aromatic heterocycles. The summed E-state index contributed by atoms with van der Waals surface area (Å²) in [6.07, 6.45) is 2.76. The minimum Gasteiger partial charge on any atom is -0.352 e. The number of carbonyl (C=O) groups is 1. The van der Waals surface area contributed by atoms with Crippen LogP contribution < -0.4 is 10.6 Å². The summed E-state index contributed by atoms with van der Waals surface area (Å²) in [4.78, 5) is 12.0. The third-order valence-electron chi connectivity index (χ3n) is 3.78. The Morgan fingerprint density at radius 2 is 2.05 bits per heavy atom. The minimum atomic E-state index is 0.0994. The van der Waals surface area contributed by atoms with E-state index in [2.05, 4.69) is 10.6 Å². The molecular formula is C15H20Cl2N2O. The van der Waals surface area contributed by atoms with Gasteiger partial charge in [0.05, 0.1) is 0 Å². The summed E-state index contributed by atoms with van der Waals surface area (Å²) in [6.45, 7) is 4.44. The molecule has 2 rings (SSSR count). The predicted octanol–water partition coefficient (Wildman–Crippen LogP) is 3.31. The number of nitrogens with one attached hydrogen (secondary N) is 2. The van der Waals surface area contributed by atoms with Gasteiger partial charge in [-0.25, -0.2) is 0 Å². The highest BCUT2D eigenvalue weighted by molar-refractivity contribution is 6.35. The second-order valence-corrected chi connectivity index (χ2v) is 6.20. The summed E-state index contributed by atoms with van der Waals surface area (Å²) in [5.41, 5.74) is 1.94. The lowest BCUT2D eigenvalue weighted by Gasteiger charge is -2.22. The molecule has 1 heterocycles. The van der Waals surface area contributed by atoms with Crippen molar-refractivity contribution < 1.29 is 4.79 Å². The van der Waals surface area contributed by atoms with Crippen molar-refractivity contribution in [3.63, 3.8) is 0 Å². The summed E-state index contributed by atoms with van der Waals surface area (Å²) < 4.78 is 0. The van der Waals surface area contributed by atoms with Crippen LogP contribution in [0.1, 0.15) is 30.4 Å². The number of aryl methyl sites for hydroxylation is 1. The van der Waals surface area contributed by atoms with Crippen molar-refractivity contribution in [2.45, 2.75) is 32.7 Å². The van der Waals surface area contributed by atoms with E-state index in [0.29, 0.717) is 28.9 Å². The molecule has 1 aromatic carbocycles. The van der Waals surface area contributed by atoms with Crippen molar-refractivity contribution in [1.29, 1.82) is 0 Å². The maximum absolute atomic E-state index is 12.0. The fraction of sp³-hybridized carbons (Fsp3) is 0.533. The number of hydrogen-bond donors (Lipinski definition) is 2. The zero-order valence-corrected chi connectivity index (χ0v) is 13.2. The summed E-state index contributed by atoms with van der Waals surface area (Å²) in [6, 6.07) is 3.58. The number of halogens is 2. The van der Waals surface area contributed by atoms with Gasteiger partial charge < -0.3 is 10.6 Å². The van der Waals surface area contributed by atoms with Crippen LogP contribution in [0.4, 0.5) is 0 Å². The monoisotopic (exact) mass is 314 g/mol. The lowest BCUT2D eigenvalue weighted by Crippen LogP contribution is -2.32. The summed E-state index contributed by atoms with van der Waals surface area (Å²) in [5, 5.41) is 7.50. The van der Waals surface area contributed by atoms with Gasteiger partial charge in [0, 0.05) is 23.0 Å². The second kappa shape index (κ2) is 7.30. The maximum Gasteiger partial charge on any atom is 0.220 e. The highest BCUT2D eigenvalue weighted by atomic mass is 35.5. The third kappa shape index (κ3) is 4.37. The van der Waals surface area contributed by atoms with Crippen LogP contribution in [-0.2, 0) is 11.3 Å². The molecule has 0 aliphatic carbocycles. The number of carbonyl (C=O) groups excluding carboxylic acids is 1. The molecule has 2 N–H and O–H groups in total. The van der Waals surface area contributed by atoms with Gasteiger partial charge in [0.25, 0.3) is 0 Å². The Labute approximate surface area is 130 Å². The average Bonchev–Trinajstić information content (AvgIpc) is 2.38. The molecule has 1 aliphatic rings. The maximum atomic E-state index is 12.0. The first-order valence-corrected chi connectivity index (χ1v) is 7.74. The van der Waals surface area contributed by atoms with Gasteiger partial charge in [-0.1, -0.05) is 23.2 Å². The molecule has 0 atom stereocenters. The Hall–Kier alpha value is -0.770. The molecule has 1 saturated heterocycles. The number of hydrogen-bond acceptors (Lipinski definition) is 2. The molecular weight excluding hydrogens is 295 g/mol. The van der Waals surface area contributed by atoms with Gasteiger partial charge in [-0.3, -0.25) is 4.79 Å². The highest BCUT2D eigenvalue weighted by Crippen LogP contribution is 2.25. The van der Waals surface area contributed by atoms with Crippen molar-refractivity contribution in [1.82, 2.24) is 10.6 Å². The molecule has 1 aromatic rings. The number of piperidine rings is 1. The van der Waals surface area contributed by atoms with E-state index in [1.807, 2.05) is 13.0 Å². The van der Waals surface area contributed by atoms with E-state index in [1.165, 1.54) is 0 Å². The van der Waals surface area contributed by atoms with E-state index in [0.717, 1.165) is 37.1 Å². The Morgan fingerprint density at radius 1 is 1.35 bits per heavy atom. The first kappa shape index (κ1) is 15.6. The molecule has 0 unspecified atom stereocenters. The van der Waals surface area contributed by atoms with Gasteiger partial charge in [0.2, 0.25) is 5.91 Å². The fourth-order valence-corrected chi connectivity index (χ4v) is 3.23. The fourth-order valence-electron chi connectivity index (χ4n) is 2.56. The summed E-state index contributed by atoms with van der Waals surface area (Å²) in [5.74, 6) is 0.598. The molecule has 110 valence electrons. The zero-order valence-electron chi connectivity index (χ0n) is 11.6. The zero-order chi connectivity index (χ0) is 14.5. The van der Waals surface area contributed by atoms with Crippen LogP contribution in [0.15, 0.2) is 12.1 Å². The van der Waals surface area contributed by atoms with Crippen LogP contribution in [0.5, 0.6) is 0 Å². The quantitative estimate of drug-likeness (QED) is 0.895. The summed E-state index contributed by atoms with van der Waals surface area (Å²) >= 11 is 12.1. The lowest BCUT2D eigenvalue weighted by molar-refractivity contribution is -0.122. The van der Waals surface area contributed by atoms with E-state index in [-0.39, 0.29) is 5.91 Å². The van der Waals surface area contributed by atoms with Gasteiger partial charge in [-0.15, -0.1) is 0 Å². The van der Waals surface area contributed by atoms with Crippen LogP contribution in [0.3, 0.4) is 0 Å². The van der Waals surface area contributed by atoms with Crippen molar-refractivity contribution >= 4 is 29.1 Å². The van der Waals surface area contributed by atoms with Gasteiger partial charge in [-0.05, 0) is 62.0 Å². The Kier molecular flexibility index (Phi) is 5.70. The molecule has 1 aliphatic heterocycles. The van der Waals surface area contributed by atoms with E-state index < -0.39 is 0 Å². The van der Waals surface area contributed by atoms with Crippen LogP contribution in [-0.4, -0.2) is 19.0 Å². The van der Waals surface area contributed by atoms with Crippen LogP contribution in [0, 0.1) is 12.8 Å². The van der Waals surface area contributed by atoms with Crippen LogP contribution in [0.25, 0.3) is 0 Å². The predicted molar refractivity (Wildman–Crippen MR) is 83.3 cm³/mol. The molecule has 20 heavy (non-hydrogen) atoms. The van der Waals surface area contributed by atoms with Gasteiger partial charge in [0.1, 0.15) is 0 Å². The molecule has 1 fully saturated rings. The number of rotatable bonds is 4. The second-order valence-electron chi connectivity index (χ2n) is 5.36. The molecule has 1 amide bonds. The van der Waals surface area contributed by atoms with Crippen molar-refractivity contribution in [3.05, 3.63) is 33.3 Å². The van der Waals surface area contributed by atoms with Gasteiger partial charge >= 0.3 is 0 Å². The topological polar surface area (TPSA) is 41.1 Å². The van der Waals surface area contributed by atoms with E-state index >= 15 is 0 Å². The SMILES string of the molecule is Cc1cc(Cl)cc(Cl)c1CNC(=O)CC1CCNCC1. The lowest BCUT2D eigenvalue weighted by atomic mass is 9.94. The van der Waals surface area contributed by atoms with Crippen LogP contribution >= 0.6 is 23.2 Å². The largest absolute Gasteiger partial charge is 0.352 e. The normalized spacial score (nSPS) is 16.1.